The van der Waals surface area contributed by atoms with Crippen LogP contribution in [0.15, 0.2) is 35.3 Å². The molecule has 3 aromatic rings. The van der Waals surface area contributed by atoms with E-state index in [0.29, 0.717) is 37.4 Å². The van der Waals surface area contributed by atoms with Crippen LogP contribution in [0.5, 0.6) is 0 Å². The first-order valence-corrected chi connectivity index (χ1v) is 10.0. The molecule has 9 heteroatoms. The highest BCUT2D eigenvalue weighted by Gasteiger charge is 2.21. The number of fused-ring (bicyclic) bond motifs is 1. The van der Waals surface area contributed by atoms with Gasteiger partial charge in [0.05, 0.1) is 17.4 Å². The van der Waals surface area contributed by atoms with E-state index in [2.05, 4.69) is 20.2 Å². The van der Waals surface area contributed by atoms with Gasteiger partial charge in [-0.1, -0.05) is 0 Å². The molecule has 162 valence electrons. The van der Waals surface area contributed by atoms with E-state index in [9.17, 15) is 18.4 Å². The van der Waals surface area contributed by atoms with Gasteiger partial charge in [-0.3, -0.25) is 14.5 Å². The van der Waals surface area contributed by atoms with E-state index in [1.807, 2.05) is 11.0 Å². The number of amides is 1. The number of piperazine rings is 1. The zero-order chi connectivity index (χ0) is 22.1. The molecule has 1 fully saturated rings. The van der Waals surface area contributed by atoms with Crippen molar-refractivity contribution in [2.75, 3.05) is 38.1 Å². The second-order valence-corrected chi connectivity index (χ2v) is 7.65. The van der Waals surface area contributed by atoms with Gasteiger partial charge in [-0.05, 0) is 31.2 Å². The molecular formula is C22H23F2N5O2. The lowest BCUT2D eigenvalue weighted by Gasteiger charge is -2.36. The average molecular weight is 427 g/mol. The van der Waals surface area contributed by atoms with Gasteiger partial charge in [0.25, 0.3) is 11.5 Å². The van der Waals surface area contributed by atoms with Crippen molar-refractivity contribution in [3.63, 3.8) is 0 Å². The molecule has 0 unspecified atom stereocenters. The highest BCUT2D eigenvalue weighted by Crippen LogP contribution is 2.24. The van der Waals surface area contributed by atoms with E-state index in [1.165, 1.54) is 12.1 Å². The van der Waals surface area contributed by atoms with Gasteiger partial charge in [0, 0.05) is 56.3 Å². The number of carbonyl (C=O) groups excluding carboxylic acids is 1. The molecule has 1 aliphatic heterocycles. The molecule has 0 bridgehead atoms. The van der Waals surface area contributed by atoms with Crippen LogP contribution in [0, 0.1) is 18.6 Å². The van der Waals surface area contributed by atoms with Gasteiger partial charge in [-0.25, -0.2) is 13.8 Å². The first-order chi connectivity index (χ1) is 14.9. The number of benzene rings is 1. The third-order valence-electron chi connectivity index (χ3n) is 5.63. The predicted octanol–water partition coefficient (Wildman–Crippen LogP) is 2.19. The number of hydrogen-bond acceptors (Lipinski definition) is 5. The summed E-state index contributed by atoms with van der Waals surface area (Å²) in [5.41, 5.74) is 1.30. The maximum absolute atomic E-state index is 15.0. The Bertz CT molecular complexity index is 1190. The fourth-order valence-corrected chi connectivity index (χ4v) is 3.81. The molecule has 0 atom stereocenters. The second kappa shape index (κ2) is 8.43. The fourth-order valence-electron chi connectivity index (χ4n) is 3.81. The summed E-state index contributed by atoms with van der Waals surface area (Å²) in [5, 5.41) is 2.62. The lowest BCUT2D eigenvalue weighted by atomic mass is 10.1. The van der Waals surface area contributed by atoms with Crippen molar-refractivity contribution < 1.29 is 13.6 Å². The highest BCUT2D eigenvalue weighted by molar-refractivity contribution is 5.92. The van der Waals surface area contributed by atoms with Gasteiger partial charge in [0.2, 0.25) is 0 Å². The smallest absolute Gasteiger partial charge is 0.269 e. The van der Waals surface area contributed by atoms with Crippen LogP contribution in [0.3, 0.4) is 0 Å². The lowest BCUT2D eigenvalue weighted by Crippen LogP contribution is -2.46. The molecule has 1 saturated heterocycles. The van der Waals surface area contributed by atoms with Crippen LogP contribution in [0.1, 0.15) is 21.6 Å². The molecule has 2 aromatic heterocycles. The number of carbonyl (C=O) groups is 1. The summed E-state index contributed by atoms with van der Waals surface area (Å²) >= 11 is 0. The highest BCUT2D eigenvalue weighted by atomic mass is 19.1. The number of rotatable bonds is 4. The minimum atomic E-state index is -0.593. The summed E-state index contributed by atoms with van der Waals surface area (Å²) < 4.78 is 29.5. The number of anilines is 1. The van der Waals surface area contributed by atoms with Crippen LogP contribution in [0.25, 0.3) is 10.9 Å². The van der Waals surface area contributed by atoms with Crippen molar-refractivity contribution in [2.24, 2.45) is 0 Å². The molecule has 7 nitrogen and oxygen atoms in total. The number of H-pyrrole nitrogens is 1. The number of aromatic nitrogens is 2. The van der Waals surface area contributed by atoms with Gasteiger partial charge in [-0.15, -0.1) is 0 Å². The van der Waals surface area contributed by atoms with Crippen molar-refractivity contribution in [2.45, 2.75) is 13.5 Å². The van der Waals surface area contributed by atoms with Crippen molar-refractivity contribution in [3.8, 4) is 0 Å². The Morgan fingerprint density at radius 1 is 1.19 bits per heavy atom. The topological polar surface area (TPSA) is 81.3 Å². The zero-order valence-corrected chi connectivity index (χ0v) is 17.3. The average Bonchev–Trinajstić information content (AvgIpc) is 2.78. The van der Waals surface area contributed by atoms with Crippen LogP contribution in [-0.4, -0.2) is 54.0 Å². The van der Waals surface area contributed by atoms with E-state index in [0.717, 1.165) is 5.69 Å². The monoisotopic (exact) mass is 427 g/mol. The van der Waals surface area contributed by atoms with E-state index in [1.54, 1.807) is 26.2 Å². The van der Waals surface area contributed by atoms with Crippen LogP contribution >= 0.6 is 0 Å². The number of aryl methyl sites for hydroxylation is 1. The second-order valence-electron chi connectivity index (χ2n) is 7.65. The first kappa shape index (κ1) is 20.9. The van der Waals surface area contributed by atoms with Crippen LogP contribution in [0.4, 0.5) is 14.5 Å². The molecule has 1 aliphatic rings. The molecular weight excluding hydrogens is 404 g/mol. The van der Waals surface area contributed by atoms with Crippen molar-refractivity contribution in [3.05, 3.63) is 69.3 Å². The minimum Gasteiger partial charge on any atom is -0.368 e. The molecule has 31 heavy (non-hydrogen) atoms. The Balaban J connectivity index is 1.46. The molecule has 0 saturated carbocycles. The normalized spacial score (nSPS) is 14.8. The molecule has 0 aliphatic carbocycles. The van der Waals surface area contributed by atoms with Gasteiger partial charge < -0.3 is 15.2 Å². The standard InChI is InChI=1S/C22H23F2N5O2/c1-13-9-16-17(23)10-14(19(24)20(16)27-21(13)30)12-28-5-7-29(8-6-28)15-3-4-18(26-11-15)22(31)25-2/h3-4,9-11H,5-8,12H2,1-2H3,(H,25,31)(H,27,30). The van der Waals surface area contributed by atoms with E-state index >= 15 is 0 Å². The number of pyridine rings is 2. The first-order valence-electron chi connectivity index (χ1n) is 10.0. The molecule has 1 aromatic carbocycles. The third kappa shape index (κ3) is 4.13. The zero-order valence-electron chi connectivity index (χ0n) is 17.3. The summed E-state index contributed by atoms with van der Waals surface area (Å²) in [6.07, 6.45) is 1.66. The largest absolute Gasteiger partial charge is 0.368 e. The molecule has 0 spiro atoms. The maximum Gasteiger partial charge on any atom is 0.269 e. The van der Waals surface area contributed by atoms with Gasteiger partial charge >= 0.3 is 0 Å². The van der Waals surface area contributed by atoms with Crippen LogP contribution in [0.2, 0.25) is 0 Å². The van der Waals surface area contributed by atoms with Crippen molar-refractivity contribution >= 4 is 22.5 Å². The molecule has 0 radical (unpaired) electrons. The summed E-state index contributed by atoms with van der Waals surface area (Å²) in [6, 6.07) is 6.11. The van der Waals surface area contributed by atoms with Crippen molar-refractivity contribution in [1.82, 2.24) is 20.2 Å². The van der Waals surface area contributed by atoms with E-state index in [4.69, 9.17) is 0 Å². The Kier molecular flexibility index (Phi) is 5.69. The SMILES string of the molecule is CNC(=O)c1ccc(N2CCN(Cc3cc(F)c4cc(C)c(=O)[nH]c4c3F)CC2)cn1. The fraction of sp³-hybridized carbons (Fsp3) is 0.318. The maximum atomic E-state index is 15.0. The van der Waals surface area contributed by atoms with Gasteiger partial charge in [0.15, 0.2) is 5.82 Å². The summed E-state index contributed by atoms with van der Waals surface area (Å²) in [4.78, 5) is 34.3. The minimum absolute atomic E-state index is 0.0795. The Labute approximate surface area is 177 Å². The Morgan fingerprint density at radius 3 is 2.58 bits per heavy atom. The number of halogens is 2. The molecule has 3 heterocycles. The lowest BCUT2D eigenvalue weighted by molar-refractivity contribution is 0.0958. The number of hydrogen-bond donors (Lipinski definition) is 2. The predicted molar refractivity (Wildman–Crippen MR) is 114 cm³/mol. The van der Waals surface area contributed by atoms with Gasteiger partial charge in [0.1, 0.15) is 11.5 Å². The molecule has 2 N–H and O–H groups in total. The molecule has 1 amide bonds. The Morgan fingerprint density at radius 2 is 1.94 bits per heavy atom. The van der Waals surface area contributed by atoms with Crippen LogP contribution < -0.4 is 15.8 Å². The van der Waals surface area contributed by atoms with E-state index in [-0.39, 0.29) is 28.9 Å². The third-order valence-corrected chi connectivity index (χ3v) is 5.63. The number of nitrogens with zero attached hydrogens (tertiary/aromatic N) is 3. The van der Waals surface area contributed by atoms with E-state index < -0.39 is 17.2 Å². The van der Waals surface area contributed by atoms with Gasteiger partial charge in [-0.2, -0.15) is 0 Å². The van der Waals surface area contributed by atoms with Crippen molar-refractivity contribution in [1.29, 1.82) is 0 Å². The quantitative estimate of drug-likeness (QED) is 0.667. The summed E-state index contributed by atoms with van der Waals surface area (Å²) in [5.74, 6) is -1.38. The summed E-state index contributed by atoms with van der Waals surface area (Å²) in [7, 11) is 1.56. The number of nitrogens with one attached hydrogen (secondary N) is 2. The number of aromatic amines is 1. The summed E-state index contributed by atoms with van der Waals surface area (Å²) in [6.45, 7) is 4.49. The molecule has 4 rings (SSSR count). The van der Waals surface area contributed by atoms with Crippen LogP contribution in [-0.2, 0) is 6.54 Å². The Hall–Kier alpha value is -3.33.